The van der Waals surface area contributed by atoms with Crippen molar-refractivity contribution in [2.45, 2.75) is 20.8 Å². The molecule has 0 heterocycles. The number of nitrogens with zero attached hydrogens (tertiary/aromatic N) is 2. The number of aryl methyl sites for hydroxylation is 3. The van der Waals surface area contributed by atoms with Crippen LogP contribution in [0.5, 0.6) is 0 Å². The molecule has 132 valence electrons. The molecule has 3 aromatic carbocycles. The van der Waals surface area contributed by atoms with Gasteiger partial charge in [0.25, 0.3) is 0 Å². The van der Waals surface area contributed by atoms with Gasteiger partial charge in [-0.3, -0.25) is 0 Å². The fourth-order valence-electron chi connectivity index (χ4n) is 3.37. The molecule has 0 saturated carbocycles. The third kappa shape index (κ3) is 3.85. The topological polar surface area (TPSA) is 15.6 Å². The van der Waals surface area contributed by atoms with Gasteiger partial charge in [-0.2, -0.15) is 0 Å². The molecule has 0 aliphatic carbocycles. The first-order valence-electron chi connectivity index (χ1n) is 8.95. The molecule has 0 unspecified atom stereocenters. The quantitative estimate of drug-likeness (QED) is 0.543. The summed E-state index contributed by atoms with van der Waals surface area (Å²) in [5, 5.41) is 0. The molecule has 3 rings (SSSR count). The van der Waals surface area contributed by atoms with Crippen LogP contribution in [0.3, 0.4) is 0 Å². The maximum absolute atomic E-state index is 5.05. The Hall–Kier alpha value is -2.87. The Kier molecular flexibility index (Phi) is 5.22. The van der Waals surface area contributed by atoms with Gasteiger partial charge in [-0.25, -0.2) is 4.99 Å². The van der Waals surface area contributed by atoms with E-state index in [4.69, 9.17) is 4.99 Å². The Morgan fingerprint density at radius 2 is 1.35 bits per heavy atom. The fourth-order valence-corrected chi connectivity index (χ4v) is 3.37. The minimum atomic E-state index is 0.967. The van der Waals surface area contributed by atoms with Crippen LogP contribution in [0.25, 0.3) is 0 Å². The number of hydrogen-bond acceptors (Lipinski definition) is 2. The molecule has 0 amide bonds. The van der Waals surface area contributed by atoms with Crippen molar-refractivity contribution >= 4 is 17.1 Å². The van der Waals surface area contributed by atoms with Gasteiger partial charge in [0.2, 0.25) is 0 Å². The van der Waals surface area contributed by atoms with E-state index in [2.05, 4.69) is 86.3 Å². The lowest BCUT2D eigenvalue weighted by molar-refractivity contribution is 1.13. The second-order valence-corrected chi connectivity index (χ2v) is 7.01. The molecular weight excluding hydrogens is 316 g/mol. The van der Waals surface area contributed by atoms with Crippen LogP contribution < -0.4 is 4.90 Å². The van der Waals surface area contributed by atoms with Crippen LogP contribution in [0, 0.1) is 20.8 Å². The van der Waals surface area contributed by atoms with E-state index < -0.39 is 0 Å². The zero-order valence-electron chi connectivity index (χ0n) is 16.2. The molecule has 0 spiro atoms. The Bertz CT molecular complexity index is 897. The molecule has 0 saturated heterocycles. The molecule has 0 aliphatic rings. The maximum atomic E-state index is 5.05. The van der Waals surface area contributed by atoms with E-state index in [0.717, 1.165) is 17.0 Å². The predicted molar refractivity (Wildman–Crippen MR) is 113 cm³/mol. The third-order valence-electron chi connectivity index (χ3n) is 4.57. The minimum Gasteiger partial charge on any atom is -0.378 e. The van der Waals surface area contributed by atoms with Gasteiger partial charge in [0, 0.05) is 30.9 Å². The summed E-state index contributed by atoms with van der Waals surface area (Å²) < 4.78 is 0. The van der Waals surface area contributed by atoms with Crippen molar-refractivity contribution in [1.82, 2.24) is 0 Å². The van der Waals surface area contributed by atoms with Gasteiger partial charge in [-0.05, 0) is 56.2 Å². The van der Waals surface area contributed by atoms with Gasteiger partial charge in [0.05, 0.1) is 11.4 Å². The molecule has 0 aromatic heterocycles. The summed E-state index contributed by atoms with van der Waals surface area (Å²) in [6.45, 7) is 6.48. The monoisotopic (exact) mass is 342 g/mol. The lowest BCUT2D eigenvalue weighted by Gasteiger charge is -2.15. The third-order valence-corrected chi connectivity index (χ3v) is 4.57. The summed E-state index contributed by atoms with van der Waals surface area (Å²) in [6.07, 6.45) is 0. The summed E-state index contributed by atoms with van der Waals surface area (Å²) in [5.41, 5.74) is 9.33. The summed E-state index contributed by atoms with van der Waals surface area (Å²) in [6, 6.07) is 23.3. The highest BCUT2D eigenvalue weighted by atomic mass is 15.1. The number of benzene rings is 3. The largest absolute Gasteiger partial charge is 0.378 e. The molecule has 0 atom stereocenters. The van der Waals surface area contributed by atoms with Crippen LogP contribution in [0.15, 0.2) is 71.7 Å². The summed E-state index contributed by atoms with van der Waals surface area (Å²) in [4.78, 5) is 7.15. The zero-order valence-corrected chi connectivity index (χ0v) is 16.2. The van der Waals surface area contributed by atoms with Crippen molar-refractivity contribution in [3.63, 3.8) is 0 Å². The van der Waals surface area contributed by atoms with Crippen LogP contribution in [0.4, 0.5) is 11.4 Å². The molecule has 0 radical (unpaired) electrons. The minimum absolute atomic E-state index is 0.967. The molecule has 3 aromatic rings. The first-order valence-corrected chi connectivity index (χ1v) is 8.95. The Morgan fingerprint density at radius 3 is 1.88 bits per heavy atom. The average Bonchev–Trinajstić information content (AvgIpc) is 2.61. The summed E-state index contributed by atoms with van der Waals surface area (Å²) >= 11 is 0. The standard InChI is InChI=1S/C24H26N2/c1-17-15-18(2)23(19(3)16-17)24(20-9-7-6-8-10-20)25-21-11-13-22(14-12-21)26(4)5/h6-16H,1-5H3. The number of hydrogen-bond donors (Lipinski definition) is 0. The van der Waals surface area contributed by atoms with Crippen LogP contribution in [0.2, 0.25) is 0 Å². The molecule has 0 N–H and O–H groups in total. The molecule has 2 heteroatoms. The van der Waals surface area contributed by atoms with E-state index in [-0.39, 0.29) is 0 Å². The summed E-state index contributed by atoms with van der Waals surface area (Å²) in [7, 11) is 4.10. The normalized spacial score (nSPS) is 11.5. The van der Waals surface area contributed by atoms with Crippen molar-refractivity contribution in [3.05, 3.63) is 94.5 Å². The first kappa shape index (κ1) is 17.9. The Balaban J connectivity index is 2.17. The van der Waals surface area contributed by atoms with E-state index in [1.54, 1.807) is 0 Å². The van der Waals surface area contributed by atoms with Crippen molar-refractivity contribution in [2.24, 2.45) is 4.99 Å². The van der Waals surface area contributed by atoms with Gasteiger partial charge in [0.15, 0.2) is 0 Å². The van der Waals surface area contributed by atoms with Crippen molar-refractivity contribution in [1.29, 1.82) is 0 Å². The predicted octanol–water partition coefficient (Wildman–Crippen LogP) is 5.85. The van der Waals surface area contributed by atoms with Crippen molar-refractivity contribution in [2.75, 3.05) is 19.0 Å². The van der Waals surface area contributed by atoms with E-state index in [9.17, 15) is 0 Å². The fraction of sp³-hybridized carbons (Fsp3) is 0.208. The number of aliphatic imine (C=N–C) groups is 1. The Morgan fingerprint density at radius 1 is 0.769 bits per heavy atom. The van der Waals surface area contributed by atoms with Crippen LogP contribution >= 0.6 is 0 Å². The van der Waals surface area contributed by atoms with Gasteiger partial charge in [-0.15, -0.1) is 0 Å². The number of rotatable bonds is 4. The second-order valence-electron chi connectivity index (χ2n) is 7.01. The zero-order chi connectivity index (χ0) is 18.7. The molecule has 0 fully saturated rings. The van der Waals surface area contributed by atoms with E-state index >= 15 is 0 Å². The van der Waals surface area contributed by atoms with E-state index in [1.807, 2.05) is 20.2 Å². The Labute approximate surface area is 156 Å². The molecular formula is C24H26N2. The molecule has 2 nitrogen and oxygen atoms in total. The molecule has 0 bridgehead atoms. The van der Waals surface area contributed by atoms with E-state index in [0.29, 0.717) is 0 Å². The van der Waals surface area contributed by atoms with Crippen molar-refractivity contribution < 1.29 is 0 Å². The number of anilines is 1. The highest BCUT2D eigenvalue weighted by molar-refractivity contribution is 6.15. The lowest BCUT2D eigenvalue weighted by Crippen LogP contribution is -2.09. The average molecular weight is 342 g/mol. The summed E-state index contributed by atoms with van der Waals surface area (Å²) in [5.74, 6) is 0. The molecule has 0 aliphatic heterocycles. The maximum Gasteiger partial charge on any atom is 0.0786 e. The van der Waals surface area contributed by atoms with Gasteiger partial charge < -0.3 is 4.90 Å². The van der Waals surface area contributed by atoms with Crippen molar-refractivity contribution in [3.8, 4) is 0 Å². The first-order chi connectivity index (χ1) is 12.5. The second kappa shape index (κ2) is 7.57. The van der Waals surface area contributed by atoms with Crippen LogP contribution in [-0.4, -0.2) is 19.8 Å². The van der Waals surface area contributed by atoms with Gasteiger partial charge in [-0.1, -0.05) is 48.0 Å². The molecule has 26 heavy (non-hydrogen) atoms. The van der Waals surface area contributed by atoms with Gasteiger partial charge in [0.1, 0.15) is 0 Å². The highest BCUT2D eigenvalue weighted by Crippen LogP contribution is 2.25. The lowest BCUT2D eigenvalue weighted by atomic mass is 9.92. The van der Waals surface area contributed by atoms with Gasteiger partial charge >= 0.3 is 0 Å². The smallest absolute Gasteiger partial charge is 0.0786 e. The highest BCUT2D eigenvalue weighted by Gasteiger charge is 2.13. The van der Waals surface area contributed by atoms with E-state index in [1.165, 1.54) is 27.9 Å². The van der Waals surface area contributed by atoms with Crippen LogP contribution in [-0.2, 0) is 0 Å². The SMILES string of the molecule is Cc1cc(C)c(C(=Nc2ccc(N(C)C)cc2)c2ccccc2)c(C)c1. The van der Waals surface area contributed by atoms with Crippen LogP contribution in [0.1, 0.15) is 27.8 Å².